The summed E-state index contributed by atoms with van der Waals surface area (Å²) in [7, 11) is 0. The minimum absolute atomic E-state index is 0.0753. The van der Waals surface area contributed by atoms with Gasteiger partial charge in [0, 0.05) is 20.6 Å². The zero-order valence-electron chi connectivity index (χ0n) is 15.2. The zero-order valence-corrected chi connectivity index (χ0v) is 17.6. The summed E-state index contributed by atoms with van der Waals surface area (Å²) >= 11 is 4.85. The summed E-state index contributed by atoms with van der Waals surface area (Å²) in [5.41, 5.74) is 3.20. The summed E-state index contributed by atoms with van der Waals surface area (Å²) in [5, 5.41) is 5.75. The standard InChI is InChI=1S/C22H19BrN2O2S/c1-15-6-8-16(9-7-15)22(27)24-17-10-12-18(13-11-17)28-14-21(26)25-20-5-3-2-4-19(20)23/h2-13H,14H2,1H3,(H,24,27)(H,25,26). The molecule has 28 heavy (non-hydrogen) atoms. The van der Waals surface area contributed by atoms with Crippen LogP contribution in [0.5, 0.6) is 0 Å². The Hall–Kier alpha value is -2.57. The van der Waals surface area contributed by atoms with Gasteiger partial charge in [-0.05, 0) is 71.4 Å². The lowest BCUT2D eigenvalue weighted by Gasteiger charge is -2.08. The van der Waals surface area contributed by atoms with Crippen LogP contribution < -0.4 is 10.6 Å². The second-order valence-electron chi connectivity index (χ2n) is 6.16. The minimum Gasteiger partial charge on any atom is -0.324 e. The van der Waals surface area contributed by atoms with Gasteiger partial charge in [0.1, 0.15) is 0 Å². The zero-order chi connectivity index (χ0) is 19.9. The molecule has 0 aromatic heterocycles. The maximum atomic E-state index is 12.3. The van der Waals surface area contributed by atoms with Crippen LogP contribution in [0.3, 0.4) is 0 Å². The number of hydrogen-bond donors (Lipinski definition) is 2. The molecule has 0 unspecified atom stereocenters. The summed E-state index contributed by atoms with van der Waals surface area (Å²) in [6.07, 6.45) is 0. The van der Waals surface area contributed by atoms with Gasteiger partial charge in [-0.1, -0.05) is 29.8 Å². The fourth-order valence-corrected chi connectivity index (χ4v) is 3.52. The van der Waals surface area contributed by atoms with Crippen molar-refractivity contribution in [2.75, 3.05) is 16.4 Å². The molecule has 0 aliphatic carbocycles. The predicted molar refractivity (Wildman–Crippen MR) is 119 cm³/mol. The van der Waals surface area contributed by atoms with Crippen LogP contribution in [0.4, 0.5) is 11.4 Å². The second-order valence-corrected chi connectivity index (χ2v) is 8.06. The van der Waals surface area contributed by atoms with Crippen molar-refractivity contribution in [3.8, 4) is 0 Å². The molecular formula is C22H19BrN2O2S. The van der Waals surface area contributed by atoms with Crippen molar-refractivity contribution in [2.24, 2.45) is 0 Å². The van der Waals surface area contributed by atoms with E-state index < -0.39 is 0 Å². The van der Waals surface area contributed by atoms with Gasteiger partial charge in [0.05, 0.1) is 11.4 Å². The van der Waals surface area contributed by atoms with E-state index in [0.717, 1.165) is 20.6 Å². The molecule has 0 spiro atoms. The van der Waals surface area contributed by atoms with Gasteiger partial charge in [-0.15, -0.1) is 11.8 Å². The highest BCUT2D eigenvalue weighted by Gasteiger charge is 2.08. The Kier molecular flexibility index (Phi) is 6.90. The molecule has 0 radical (unpaired) electrons. The normalized spacial score (nSPS) is 10.4. The predicted octanol–water partition coefficient (Wildman–Crippen LogP) is 5.74. The van der Waals surface area contributed by atoms with Gasteiger partial charge in [0.15, 0.2) is 0 Å². The van der Waals surface area contributed by atoms with E-state index >= 15 is 0 Å². The smallest absolute Gasteiger partial charge is 0.255 e. The third-order valence-corrected chi connectivity index (χ3v) is 5.65. The average Bonchev–Trinajstić information content (AvgIpc) is 2.70. The number of anilines is 2. The second kappa shape index (κ2) is 9.57. The number of thioether (sulfide) groups is 1. The van der Waals surface area contributed by atoms with Crippen molar-refractivity contribution in [2.45, 2.75) is 11.8 Å². The molecule has 0 aliphatic rings. The molecular weight excluding hydrogens is 436 g/mol. The van der Waals surface area contributed by atoms with E-state index in [9.17, 15) is 9.59 Å². The Labute approximate surface area is 176 Å². The van der Waals surface area contributed by atoms with Gasteiger partial charge in [0.25, 0.3) is 5.91 Å². The van der Waals surface area contributed by atoms with Crippen LogP contribution >= 0.6 is 27.7 Å². The first-order valence-electron chi connectivity index (χ1n) is 8.66. The molecule has 0 atom stereocenters. The molecule has 3 aromatic carbocycles. The summed E-state index contributed by atoms with van der Waals surface area (Å²) < 4.78 is 0.849. The summed E-state index contributed by atoms with van der Waals surface area (Å²) in [6.45, 7) is 1.98. The monoisotopic (exact) mass is 454 g/mol. The van der Waals surface area contributed by atoms with Crippen LogP contribution in [0, 0.1) is 6.92 Å². The highest BCUT2D eigenvalue weighted by atomic mass is 79.9. The summed E-state index contributed by atoms with van der Waals surface area (Å²) in [5.74, 6) is 0.0815. The Bertz CT molecular complexity index is 973. The largest absolute Gasteiger partial charge is 0.324 e. The third-order valence-electron chi connectivity index (χ3n) is 3.94. The number of amides is 2. The SMILES string of the molecule is Cc1ccc(C(=O)Nc2ccc(SCC(=O)Nc3ccccc3Br)cc2)cc1. The number of aryl methyl sites for hydroxylation is 1. The quantitative estimate of drug-likeness (QED) is 0.466. The van der Waals surface area contributed by atoms with E-state index in [2.05, 4.69) is 26.6 Å². The molecule has 2 N–H and O–H groups in total. The summed E-state index contributed by atoms with van der Waals surface area (Å²) in [4.78, 5) is 25.3. The first kappa shape index (κ1) is 20.2. The molecule has 4 nitrogen and oxygen atoms in total. The molecule has 2 amide bonds. The highest BCUT2D eigenvalue weighted by Crippen LogP contribution is 2.23. The maximum Gasteiger partial charge on any atom is 0.255 e. The number of benzene rings is 3. The first-order chi connectivity index (χ1) is 13.5. The van der Waals surface area contributed by atoms with E-state index in [0.29, 0.717) is 17.0 Å². The number of halogens is 1. The lowest BCUT2D eigenvalue weighted by molar-refractivity contribution is -0.113. The van der Waals surface area contributed by atoms with Crippen LogP contribution in [0.15, 0.2) is 82.2 Å². The number of carbonyl (C=O) groups is 2. The van der Waals surface area contributed by atoms with Crippen LogP contribution in [-0.2, 0) is 4.79 Å². The third kappa shape index (κ3) is 5.71. The van der Waals surface area contributed by atoms with Crippen molar-refractivity contribution in [3.05, 3.63) is 88.4 Å². The molecule has 6 heteroatoms. The molecule has 0 saturated carbocycles. The van der Waals surface area contributed by atoms with Crippen LogP contribution in [0.2, 0.25) is 0 Å². The van der Waals surface area contributed by atoms with Gasteiger partial charge in [-0.3, -0.25) is 9.59 Å². The van der Waals surface area contributed by atoms with Crippen molar-refractivity contribution in [1.29, 1.82) is 0 Å². The lowest BCUT2D eigenvalue weighted by atomic mass is 10.1. The van der Waals surface area contributed by atoms with E-state index in [1.807, 2.05) is 67.6 Å². The fourth-order valence-electron chi connectivity index (χ4n) is 2.44. The molecule has 3 aromatic rings. The Morgan fingerprint density at radius 1 is 0.893 bits per heavy atom. The van der Waals surface area contributed by atoms with Gasteiger partial charge in [-0.2, -0.15) is 0 Å². The van der Waals surface area contributed by atoms with E-state index in [1.165, 1.54) is 11.8 Å². The fraction of sp³-hybridized carbons (Fsp3) is 0.0909. The van der Waals surface area contributed by atoms with Crippen molar-refractivity contribution >= 4 is 50.9 Å². The number of nitrogens with one attached hydrogen (secondary N) is 2. The number of carbonyl (C=O) groups excluding carboxylic acids is 2. The van der Waals surface area contributed by atoms with E-state index in [4.69, 9.17) is 0 Å². The molecule has 3 rings (SSSR count). The van der Waals surface area contributed by atoms with E-state index in [-0.39, 0.29) is 11.8 Å². The highest BCUT2D eigenvalue weighted by molar-refractivity contribution is 9.10. The molecule has 0 bridgehead atoms. The number of hydrogen-bond acceptors (Lipinski definition) is 3. The Morgan fingerprint density at radius 2 is 1.57 bits per heavy atom. The lowest BCUT2D eigenvalue weighted by Crippen LogP contribution is -2.14. The molecule has 0 fully saturated rings. The molecule has 0 saturated heterocycles. The maximum absolute atomic E-state index is 12.3. The Balaban J connectivity index is 1.51. The van der Waals surface area contributed by atoms with Crippen LogP contribution in [0.1, 0.15) is 15.9 Å². The Morgan fingerprint density at radius 3 is 2.25 bits per heavy atom. The first-order valence-corrected chi connectivity index (χ1v) is 10.4. The van der Waals surface area contributed by atoms with Crippen molar-refractivity contribution < 1.29 is 9.59 Å². The number of rotatable bonds is 6. The van der Waals surface area contributed by atoms with Gasteiger partial charge in [0.2, 0.25) is 5.91 Å². The van der Waals surface area contributed by atoms with Crippen molar-refractivity contribution in [3.63, 3.8) is 0 Å². The van der Waals surface area contributed by atoms with Crippen LogP contribution in [0.25, 0.3) is 0 Å². The van der Waals surface area contributed by atoms with Gasteiger partial charge in [-0.25, -0.2) is 0 Å². The van der Waals surface area contributed by atoms with Crippen LogP contribution in [-0.4, -0.2) is 17.6 Å². The molecule has 0 heterocycles. The van der Waals surface area contributed by atoms with E-state index in [1.54, 1.807) is 12.1 Å². The van der Waals surface area contributed by atoms with Gasteiger partial charge < -0.3 is 10.6 Å². The molecule has 142 valence electrons. The number of para-hydroxylation sites is 1. The van der Waals surface area contributed by atoms with Gasteiger partial charge >= 0.3 is 0 Å². The minimum atomic E-state index is -0.145. The topological polar surface area (TPSA) is 58.2 Å². The van der Waals surface area contributed by atoms with Crippen molar-refractivity contribution in [1.82, 2.24) is 0 Å². The molecule has 0 aliphatic heterocycles. The average molecular weight is 455 g/mol. The summed E-state index contributed by atoms with van der Waals surface area (Å²) in [6, 6.07) is 22.4.